The molecule has 0 amide bonds. The van der Waals surface area contributed by atoms with Crippen LogP contribution in [0.3, 0.4) is 0 Å². The first-order valence-electron chi connectivity index (χ1n) is 4.61. The molecule has 0 spiro atoms. The topological polar surface area (TPSA) is 114 Å². The predicted octanol–water partition coefficient (Wildman–Crippen LogP) is -2.08. The molecule has 0 heterocycles. The van der Waals surface area contributed by atoms with Gasteiger partial charge in [-0.15, -0.1) is 0 Å². The molecule has 0 saturated carbocycles. The predicted molar refractivity (Wildman–Crippen MR) is 49.7 cm³/mol. The van der Waals surface area contributed by atoms with Crippen LogP contribution in [0.5, 0.6) is 0 Å². The Morgan fingerprint density at radius 1 is 0.706 bits per heavy atom. The first kappa shape index (κ1) is 21.1. The van der Waals surface area contributed by atoms with Gasteiger partial charge in [0.1, 0.15) is 11.9 Å². The van der Waals surface area contributed by atoms with Crippen molar-refractivity contribution in [3.8, 4) is 0 Å². The Morgan fingerprint density at radius 3 is 0.882 bits per heavy atom. The van der Waals surface area contributed by atoms with Gasteiger partial charge in [0.2, 0.25) is 0 Å². The van der Waals surface area contributed by atoms with Crippen LogP contribution in [0.2, 0.25) is 0 Å². The number of carbonyl (C=O) groups is 4. The number of carbonyl (C=O) groups excluding carboxylic acids is 4. The first-order chi connectivity index (χ1) is 7.11. The fraction of sp³-hybridized carbons (Fsp3) is 0.600. The summed E-state index contributed by atoms with van der Waals surface area (Å²) < 4.78 is 0. The maximum Gasteiger partial charge on any atom is 2.00 e. The molecule has 0 atom stereocenters. The van der Waals surface area contributed by atoms with Crippen molar-refractivity contribution in [2.45, 2.75) is 27.7 Å². The zero-order chi connectivity index (χ0) is 13.5. The van der Waals surface area contributed by atoms with E-state index >= 15 is 0 Å². The summed E-state index contributed by atoms with van der Waals surface area (Å²) >= 11 is 0. The minimum absolute atomic E-state index is 0. The number of Topliss-reactive ketones (excluding diaryl/α,β-unsaturated/α-hetero) is 2. The number of carboxylic acid groups (broad SMARTS) is 2. The number of carboxylic acids is 2. The quantitative estimate of drug-likeness (QED) is 0.433. The van der Waals surface area contributed by atoms with E-state index in [1.807, 2.05) is 0 Å². The molecule has 0 unspecified atom stereocenters. The molecule has 0 aliphatic carbocycles. The van der Waals surface area contributed by atoms with E-state index in [0.717, 1.165) is 0 Å². The second-order valence-corrected chi connectivity index (χ2v) is 3.61. The molecule has 0 radical (unpaired) electrons. The average molecular weight is 286 g/mol. The molecule has 0 N–H and O–H groups in total. The standard InChI is InChI=1S/2C5H8O3.Fe/c2*1-3(2)4(6)5(7)8;/h2*3H,1-2H3,(H,7,8);/q;;+2/p-2. The molecule has 17 heavy (non-hydrogen) atoms. The van der Waals surface area contributed by atoms with E-state index in [2.05, 4.69) is 0 Å². The second kappa shape index (κ2) is 9.99. The van der Waals surface area contributed by atoms with Crippen LogP contribution in [0.15, 0.2) is 0 Å². The van der Waals surface area contributed by atoms with E-state index in [0.29, 0.717) is 0 Å². The Balaban J connectivity index is -0.000000218. The number of ketones is 2. The summed E-state index contributed by atoms with van der Waals surface area (Å²) in [6, 6.07) is 0. The van der Waals surface area contributed by atoms with Gasteiger partial charge in [-0.25, -0.2) is 0 Å². The molecule has 0 rings (SSSR count). The monoisotopic (exact) mass is 286 g/mol. The Hall–Kier alpha value is -1.20. The molecule has 0 fully saturated rings. The summed E-state index contributed by atoms with van der Waals surface area (Å²) in [6.07, 6.45) is 0. The third-order valence-electron chi connectivity index (χ3n) is 1.45. The Kier molecular flexibility index (Phi) is 12.4. The molecule has 0 saturated heterocycles. The molecule has 98 valence electrons. The first-order valence-corrected chi connectivity index (χ1v) is 4.61. The largest absolute Gasteiger partial charge is 2.00 e. The van der Waals surface area contributed by atoms with Crippen LogP contribution in [-0.4, -0.2) is 23.5 Å². The maximum atomic E-state index is 10.2. The number of rotatable bonds is 4. The molecule has 6 nitrogen and oxygen atoms in total. The van der Waals surface area contributed by atoms with Crippen molar-refractivity contribution >= 4 is 23.5 Å². The van der Waals surface area contributed by atoms with Crippen LogP contribution in [0.4, 0.5) is 0 Å². The Morgan fingerprint density at radius 2 is 0.882 bits per heavy atom. The van der Waals surface area contributed by atoms with Crippen LogP contribution in [-0.2, 0) is 36.2 Å². The molecule has 0 aliphatic heterocycles. The van der Waals surface area contributed by atoms with E-state index < -0.39 is 35.3 Å². The summed E-state index contributed by atoms with van der Waals surface area (Å²) in [7, 11) is 0. The van der Waals surface area contributed by atoms with Gasteiger partial charge in [0.15, 0.2) is 11.6 Å². The number of hydrogen-bond acceptors (Lipinski definition) is 6. The number of hydrogen-bond donors (Lipinski definition) is 0. The normalized spacial score (nSPS) is 8.82. The molecule has 0 aliphatic rings. The van der Waals surface area contributed by atoms with E-state index in [4.69, 9.17) is 0 Å². The van der Waals surface area contributed by atoms with Gasteiger partial charge in [0.05, 0.1) is 0 Å². The summed E-state index contributed by atoms with van der Waals surface area (Å²) in [5.41, 5.74) is 0. The van der Waals surface area contributed by atoms with Crippen LogP contribution >= 0.6 is 0 Å². The Bertz CT molecular complexity index is 265. The van der Waals surface area contributed by atoms with Gasteiger partial charge in [-0.2, -0.15) is 0 Å². The molecular formula is C10H14FeO6. The smallest absolute Gasteiger partial charge is 0.542 e. The van der Waals surface area contributed by atoms with Gasteiger partial charge in [-0.1, -0.05) is 27.7 Å². The van der Waals surface area contributed by atoms with Crippen LogP contribution in [0.25, 0.3) is 0 Å². The second-order valence-electron chi connectivity index (χ2n) is 3.61. The van der Waals surface area contributed by atoms with Crippen molar-refractivity contribution in [3.05, 3.63) is 0 Å². The zero-order valence-corrected chi connectivity index (χ0v) is 11.1. The van der Waals surface area contributed by atoms with Crippen molar-refractivity contribution in [2.24, 2.45) is 11.8 Å². The molecule has 0 aromatic heterocycles. The van der Waals surface area contributed by atoms with E-state index in [9.17, 15) is 29.4 Å². The van der Waals surface area contributed by atoms with E-state index in [-0.39, 0.29) is 17.1 Å². The summed E-state index contributed by atoms with van der Waals surface area (Å²) in [6.45, 7) is 6.05. The molecule has 0 aromatic carbocycles. The van der Waals surface area contributed by atoms with Crippen LogP contribution in [0.1, 0.15) is 27.7 Å². The molecule has 0 aromatic rings. The van der Waals surface area contributed by atoms with Crippen molar-refractivity contribution in [1.82, 2.24) is 0 Å². The van der Waals surface area contributed by atoms with E-state index in [1.165, 1.54) is 27.7 Å². The average Bonchev–Trinajstić information content (AvgIpc) is 2.15. The van der Waals surface area contributed by atoms with Crippen molar-refractivity contribution in [2.75, 3.05) is 0 Å². The van der Waals surface area contributed by atoms with Gasteiger partial charge in [0, 0.05) is 11.8 Å². The van der Waals surface area contributed by atoms with Crippen LogP contribution < -0.4 is 10.2 Å². The summed E-state index contributed by atoms with van der Waals surface area (Å²) in [4.78, 5) is 39.7. The molecular weight excluding hydrogens is 272 g/mol. The SMILES string of the molecule is CC(C)C(=O)C(=O)[O-].CC(C)C(=O)C(=O)[O-].[Fe+2]. The summed E-state index contributed by atoms with van der Waals surface area (Å²) in [5.74, 6) is -5.80. The van der Waals surface area contributed by atoms with Crippen LogP contribution in [0, 0.1) is 11.8 Å². The fourth-order valence-corrected chi connectivity index (χ4v) is 0.471. The summed E-state index contributed by atoms with van der Waals surface area (Å²) in [5, 5.41) is 19.4. The minimum Gasteiger partial charge on any atom is -0.542 e. The third-order valence-corrected chi connectivity index (χ3v) is 1.45. The number of aliphatic carboxylic acids is 2. The van der Waals surface area contributed by atoms with Gasteiger partial charge in [-0.05, 0) is 0 Å². The van der Waals surface area contributed by atoms with E-state index in [1.54, 1.807) is 0 Å². The third kappa shape index (κ3) is 11.1. The minimum atomic E-state index is -1.60. The van der Waals surface area contributed by atoms with Gasteiger partial charge in [-0.3, -0.25) is 9.59 Å². The zero-order valence-electron chi connectivity index (χ0n) is 9.96. The maximum absolute atomic E-state index is 10.2. The van der Waals surface area contributed by atoms with Gasteiger partial charge >= 0.3 is 17.1 Å². The van der Waals surface area contributed by atoms with Gasteiger partial charge in [0.25, 0.3) is 0 Å². The Labute approximate surface area is 110 Å². The fourth-order valence-electron chi connectivity index (χ4n) is 0.471. The van der Waals surface area contributed by atoms with Crippen molar-refractivity contribution in [3.63, 3.8) is 0 Å². The molecule has 0 bridgehead atoms. The van der Waals surface area contributed by atoms with Crippen molar-refractivity contribution < 1.29 is 46.5 Å². The van der Waals surface area contributed by atoms with Crippen molar-refractivity contribution in [1.29, 1.82) is 0 Å². The molecule has 7 heteroatoms. The van der Waals surface area contributed by atoms with Gasteiger partial charge < -0.3 is 19.8 Å².